The van der Waals surface area contributed by atoms with E-state index in [1.807, 2.05) is 6.07 Å². The molecule has 22 heavy (non-hydrogen) atoms. The van der Waals surface area contributed by atoms with E-state index < -0.39 is 23.0 Å². The third-order valence-corrected chi connectivity index (χ3v) is 3.11. The van der Waals surface area contributed by atoms with Gasteiger partial charge in [-0.1, -0.05) is 30.3 Å². The second-order valence-corrected chi connectivity index (χ2v) is 6.09. The Labute approximate surface area is 131 Å². The molecule has 0 heterocycles. The lowest BCUT2D eigenvalue weighted by Gasteiger charge is -2.32. The number of benzene rings is 1. The molecule has 1 rings (SSSR count). The van der Waals surface area contributed by atoms with Crippen molar-refractivity contribution in [3.63, 3.8) is 0 Å². The van der Waals surface area contributed by atoms with E-state index in [0.29, 0.717) is 5.56 Å². The maximum Gasteiger partial charge on any atom is 0.331 e. The smallest absolute Gasteiger partial charge is 0.331 e. The van der Waals surface area contributed by atoms with Crippen LogP contribution in [0.5, 0.6) is 0 Å². The number of nitrogens with zero attached hydrogens (tertiary/aromatic N) is 1. The van der Waals surface area contributed by atoms with E-state index in [0.717, 1.165) is 5.06 Å². The second kappa shape index (κ2) is 6.89. The van der Waals surface area contributed by atoms with Gasteiger partial charge in [0.05, 0.1) is 13.5 Å². The molecule has 2 N–H and O–H groups in total. The van der Waals surface area contributed by atoms with Crippen molar-refractivity contribution in [2.45, 2.75) is 38.3 Å². The van der Waals surface area contributed by atoms with Gasteiger partial charge in [-0.15, -0.1) is 0 Å². The minimum atomic E-state index is -1.57. The van der Waals surface area contributed by atoms with Gasteiger partial charge in [0.2, 0.25) is 5.91 Å². The number of carbonyl (C=O) groups is 2. The molecule has 122 valence electrons. The number of esters is 1. The van der Waals surface area contributed by atoms with Crippen LogP contribution in [-0.4, -0.2) is 36.7 Å². The van der Waals surface area contributed by atoms with Crippen molar-refractivity contribution in [1.82, 2.24) is 5.06 Å². The molecule has 0 saturated carbocycles. The van der Waals surface area contributed by atoms with Gasteiger partial charge >= 0.3 is 5.97 Å². The Morgan fingerprint density at radius 1 is 1.18 bits per heavy atom. The summed E-state index contributed by atoms with van der Waals surface area (Å²) in [7, 11) is 2.83. The van der Waals surface area contributed by atoms with E-state index >= 15 is 0 Å². The molecule has 0 spiro atoms. The van der Waals surface area contributed by atoms with Gasteiger partial charge in [0.15, 0.2) is 0 Å². The average molecular weight is 308 g/mol. The summed E-state index contributed by atoms with van der Waals surface area (Å²) in [5.74, 6) is -1.07. The minimum Gasteiger partial charge on any atom is -0.458 e. The van der Waals surface area contributed by atoms with E-state index in [1.54, 1.807) is 45.0 Å². The lowest BCUT2D eigenvalue weighted by atomic mass is 9.87. The maximum atomic E-state index is 12.6. The molecular formula is C16H24N2O4. The topological polar surface area (TPSA) is 81.9 Å². The number of amides is 1. The highest BCUT2D eigenvalue weighted by atomic mass is 16.7. The monoisotopic (exact) mass is 308 g/mol. The predicted octanol–water partition coefficient (Wildman–Crippen LogP) is 1.59. The maximum absolute atomic E-state index is 12.6. The molecule has 0 aromatic heterocycles. The molecule has 0 aliphatic rings. The van der Waals surface area contributed by atoms with E-state index in [4.69, 9.17) is 15.3 Å². The first-order valence-electron chi connectivity index (χ1n) is 6.98. The highest BCUT2D eigenvalue weighted by Gasteiger charge is 2.42. The first kappa shape index (κ1) is 18.1. The van der Waals surface area contributed by atoms with Gasteiger partial charge in [0, 0.05) is 7.05 Å². The van der Waals surface area contributed by atoms with Crippen molar-refractivity contribution in [3.8, 4) is 0 Å². The number of hydrogen-bond acceptors (Lipinski definition) is 5. The number of rotatable bonds is 5. The van der Waals surface area contributed by atoms with Crippen molar-refractivity contribution in [2.75, 3.05) is 14.2 Å². The van der Waals surface area contributed by atoms with Gasteiger partial charge in [-0.05, 0) is 26.3 Å². The Hall–Kier alpha value is -1.92. The summed E-state index contributed by atoms with van der Waals surface area (Å²) in [6.07, 6.45) is -0.254. The molecule has 1 aromatic carbocycles. The van der Waals surface area contributed by atoms with E-state index in [9.17, 15) is 9.59 Å². The normalized spacial score (nSPS) is 14.1. The number of nitrogens with two attached hydrogens (primary N) is 1. The summed E-state index contributed by atoms with van der Waals surface area (Å²) in [6, 6.07) is 8.72. The Kier molecular flexibility index (Phi) is 5.68. The Bertz CT molecular complexity index is 525. The molecule has 6 heteroatoms. The number of carbonyl (C=O) groups excluding carboxylic acids is 2. The van der Waals surface area contributed by atoms with Crippen molar-refractivity contribution < 1.29 is 19.2 Å². The predicted molar refractivity (Wildman–Crippen MR) is 82.5 cm³/mol. The van der Waals surface area contributed by atoms with Gasteiger partial charge in [-0.25, -0.2) is 9.86 Å². The van der Waals surface area contributed by atoms with Crippen LogP contribution in [0.25, 0.3) is 0 Å². The van der Waals surface area contributed by atoms with Crippen molar-refractivity contribution in [2.24, 2.45) is 5.73 Å². The summed E-state index contributed by atoms with van der Waals surface area (Å²) in [6.45, 7) is 5.25. The number of ether oxygens (including phenoxy) is 1. The molecule has 0 fully saturated rings. The van der Waals surface area contributed by atoms with Gasteiger partial charge in [-0.2, -0.15) is 0 Å². The fourth-order valence-electron chi connectivity index (χ4n) is 1.85. The zero-order chi connectivity index (χ0) is 17.0. The highest BCUT2D eigenvalue weighted by Crippen LogP contribution is 2.27. The third kappa shape index (κ3) is 4.54. The molecule has 1 atom stereocenters. The Morgan fingerprint density at radius 2 is 1.73 bits per heavy atom. The van der Waals surface area contributed by atoms with Gasteiger partial charge in [0.25, 0.3) is 0 Å². The van der Waals surface area contributed by atoms with Crippen LogP contribution in [0, 0.1) is 0 Å². The van der Waals surface area contributed by atoms with Crippen molar-refractivity contribution in [1.29, 1.82) is 0 Å². The van der Waals surface area contributed by atoms with Crippen LogP contribution in [0.15, 0.2) is 30.3 Å². The molecule has 0 bridgehead atoms. The van der Waals surface area contributed by atoms with Crippen molar-refractivity contribution >= 4 is 11.9 Å². The van der Waals surface area contributed by atoms with Crippen LogP contribution in [0.2, 0.25) is 0 Å². The van der Waals surface area contributed by atoms with Crippen LogP contribution in [0.1, 0.15) is 32.8 Å². The zero-order valence-electron chi connectivity index (χ0n) is 13.8. The van der Waals surface area contributed by atoms with Crippen LogP contribution in [-0.2, 0) is 24.7 Å². The van der Waals surface area contributed by atoms with Crippen LogP contribution < -0.4 is 5.73 Å². The van der Waals surface area contributed by atoms with E-state index in [1.165, 1.54) is 14.2 Å². The van der Waals surface area contributed by atoms with Crippen LogP contribution in [0.4, 0.5) is 0 Å². The first-order valence-corrected chi connectivity index (χ1v) is 6.98. The van der Waals surface area contributed by atoms with Gasteiger partial charge < -0.3 is 10.5 Å². The molecule has 0 saturated heterocycles. The summed E-state index contributed by atoms with van der Waals surface area (Å²) >= 11 is 0. The van der Waals surface area contributed by atoms with E-state index in [-0.39, 0.29) is 6.42 Å². The summed E-state index contributed by atoms with van der Waals surface area (Å²) < 4.78 is 5.40. The minimum absolute atomic E-state index is 0.254. The lowest BCUT2D eigenvalue weighted by Crippen LogP contribution is -2.51. The molecule has 6 nitrogen and oxygen atoms in total. The zero-order valence-corrected chi connectivity index (χ0v) is 13.8. The molecule has 0 aliphatic heterocycles. The molecule has 1 aromatic rings. The van der Waals surface area contributed by atoms with Gasteiger partial charge in [-0.3, -0.25) is 9.63 Å². The Balaban J connectivity index is 3.16. The Morgan fingerprint density at radius 3 is 2.18 bits per heavy atom. The number of hydrogen-bond donors (Lipinski definition) is 1. The largest absolute Gasteiger partial charge is 0.458 e. The SMILES string of the molecule is CON(C)C(=O)C[C@@](N)(C(=O)OC(C)(C)C)c1ccccc1. The molecule has 1 amide bonds. The first-order chi connectivity index (χ1) is 10.1. The summed E-state index contributed by atoms with van der Waals surface area (Å²) in [5.41, 5.74) is 4.53. The fraction of sp³-hybridized carbons (Fsp3) is 0.500. The standard InChI is InChI=1S/C16H24N2O4/c1-15(2,3)22-14(20)16(17,11-13(19)18(4)21-5)12-9-7-6-8-10-12/h6-10H,11,17H2,1-5H3/t16-/m0/s1. The average Bonchev–Trinajstić information content (AvgIpc) is 2.45. The fourth-order valence-corrected chi connectivity index (χ4v) is 1.85. The molecular weight excluding hydrogens is 284 g/mol. The van der Waals surface area contributed by atoms with Gasteiger partial charge in [0.1, 0.15) is 11.1 Å². The third-order valence-electron chi connectivity index (χ3n) is 3.11. The summed E-state index contributed by atoms with van der Waals surface area (Å²) in [5, 5.41) is 1.04. The number of hydroxylamine groups is 2. The van der Waals surface area contributed by atoms with Crippen molar-refractivity contribution in [3.05, 3.63) is 35.9 Å². The summed E-state index contributed by atoms with van der Waals surface area (Å²) in [4.78, 5) is 29.6. The second-order valence-electron chi connectivity index (χ2n) is 6.09. The molecule has 0 unspecified atom stereocenters. The van der Waals surface area contributed by atoms with E-state index in [2.05, 4.69) is 0 Å². The lowest BCUT2D eigenvalue weighted by molar-refractivity contribution is -0.176. The molecule has 0 aliphatic carbocycles. The quantitative estimate of drug-likeness (QED) is 0.660. The van der Waals surface area contributed by atoms with Crippen LogP contribution >= 0.6 is 0 Å². The van der Waals surface area contributed by atoms with Crippen LogP contribution in [0.3, 0.4) is 0 Å². The molecule has 0 radical (unpaired) electrons. The highest BCUT2D eigenvalue weighted by molar-refractivity contribution is 5.89.